The molecule has 0 spiro atoms. The van der Waals surface area contributed by atoms with Crippen molar-refractivity contribution < 1.29 is 12.8 Å². The van der Waals surface area contributed by atoms with Crippen LogP contribution in [-0.4, -0.2) is 18.4 Å². The van der Waals surface area contributed by atoms with Gasteiger partial charge in [0.15, 0.2) is 0 Å². The Morgan fingerprint density at radius 1 is 1.40 bits per heavy atom. The summed E-state index contributed by atoms with van der Waals surface area (Å²) in [5.41, 5.74) is 0.204. The van der Waals surface area contributed by atoms with E-state index in [9.17, 15) is 12.8 Å². The van der Waals surface area contributed by atoms with E-state index in [0.717, 1.165) is 12.1 Å². The predicted octanol–water partition coefficient (Wildman–Crippen LogP) is 2.28. The Kier molecular flexibility index (Phi) is 2.37. The molecule has 2 aromatic rings. The van der Waals surface area contributed by atoms with Gasteiger partial charge in [-0.3, -0.25) is 0 Å². The van der Waals surface area contributed by atoms with Gasteiger partial charge < -0.3 is 4.98 Å². The van der Waals surface area contributed by atoms with E-state index in [0.29, 0.717) is 0 Å². The van der Waals surface area contributed by atoms with E-state index >= 15 is 0 Å². The van der Waals surface area contributed by atoms with Gasteiger partial charge in [-0.2, -0.15) is 0 Å². The van der Waals surface area contributed by atoms with Gasteiger partial charge >= 0.3 is 0 Å². The van der Waals surface area contributed by atoms with Crippen LogP contribution in [0.3, 0.4) is 0 Å². The first-order chi connectivity index (χ1) is 6.88. The van der Waals surface area contributed by atoms with Gasteiger partial charge in [0.25, 0.3) is 9.05 Å². The zero-order valence-corrected chi connectivity index (χ0v) is 9.29. The van der Waals surface area contributed by atoms with Crippen LogP contribution in [0, 0.1) is 5.82 Å². The number of hydrogen-bond donors (Lipinski definition) is 1. The van der Waals surface area contributed by atoms with Crippen LogP contribution in [0.25, 0.3) is 11.0 Å². The average Bonchev–Trinajstić information content (AvgIpc) is 2.41. The fraction of sp³-hybridized carbons (Fsp3) is 0. The Bertz CT molecular complexity index is 638. The number of hydrogen-bond acceptors (Lipinski definition) is 3. The molecule has 0 amide bonds. The number of benzene rings is 1. The zero-order chi connectivity index (χ0) is 11.2. The largest absolute Gasteiger partial charge is 0.328 e. The lowest BCUT2D eigenvalue weighted by atomic mass is 10.3. The molecule has 0 aliphatic heterocycles. The number of aromatic amines is 1. The van der Waals surface area contributed by atoms with E-state index in [-0.39, 0.29) is 16.3 Å². The summed E-state index contributed by atoms with van der Waals surface area (Å²) in [6.07, 6.45) is 0. The van der Waals surface area contributed by atoms with Crippen molar-refractivity contribution in [1.82, 2.24) is 9.97 Å². The number of halogens is 3. The van der Waals surface area contributed by atoms with E-state index in [1.165, 1.54) is 0 Å². The first kappa shape index (κ1) is 10.7. The molecule has 1 heterocycles. The van der Waals surface area contributed by atoms with Crippen molar-refractivity contribution in [1.29, 1.82) is 0 Å². The zero-order valence-electron chi connectivity index (χ0n) is 6.96. The van der Waals surface area contributed by atoms with Crippen molar-refractivity contribution in [2.45, 2.75) is 4.90 Å². The molecule has 0 saturated heterocycles. The highest BCUT2D eigenvalue weighted by atomic mass is 35.7. The van der Waals surface area contributed by atoms with Gasteiger partial charge in [0.1, 0.15) is 16.2 Å². The smallest absolute Gasteiger partial charge is 0.263 e. The van der Waals surface area contributed by atoms with Crippen LogP contribution >= 0.6 is 22.3 Å². The van der Waals surface area contributed by atoms with Crippen LogP contribution in [-0.2, 0) is 9.05 Å². The van der Waals surface area contributed by atoms with Gasteiger partial charge in [-0.25, -0.2) is 17.8 Å². The Morgan fingerprint density at radius 2 is 2.07 bits per heavy atom. The first-order valence-electron chi connectivity index (χ1n) is 3.67. The van der Waals surface area contributed by atoms with Gasteiger partial charge in [0.05, 0.1) is 5.52 Å². The second-order valence-corrected chi connectivity index (χ2v) is 5.66. The monoisotopic (exact) mass is 268 g/mol. The maximum atomic E-state index is 13.0. The van der Waals surface area contributed by atoms with E-state index < -0.39 is 19.8 Å². The highest BCUT2D eigenvalue weighted by Crippen LogP contribution is 2.26. The van der Waals surface area contributed by atoms with Gasteiger partial charge in [-0.05, 0) is 23.7 Å². The first-order valence-corrected chi connectivity index (χ1v) is 6.36. The van der Waals surface area contributed by atoms with Crippen LogP contribution in [0.1, 0.15) is 0 Å². The van der Waals surface area contributed by atoms with Crippen LogP contribution in [0.5, 0.6) is 0 Å². The highest BCUT2D eigenvalue weighted by molar-refractivity contribution is 8.14. The van der Waals surface area contributed by atoms with Gasteiger partial charge in [0, 0.05) is 10.7 Å². The van der Waals surface area contributed by atoms with E-state index in [2.05, 4.69) is 9.97 Å². The number of aromatic nitrogens is 2. The summed E-state index contributed by atoms with van der Waals surface area (Å²) in [6.45, 7) is 0. The van der Waals surface area contributed by atoms with E-state index in [1.807, 2.05) is 0 Å². The lowest BCUT2D eigenvalue weighted by Gasteiger charge is -1.97. The fourth-order valence-electron chi connectivity index (χ4n) is 1.21. The Balaban J connectivity index is 2.94. The topological polar surface area (TPSA) is 62.8 Å². The number of rotatable bonds is 1. The molecule has 1 aromatic heterocycles. The molecule has 15 heavy (non-hydrogen) atoms. The van der Waals surface area contributed by atoms with Crippen molar-refractivity contribution in [2.24, 2.45) is 0 Å². The third-order valence-corrected chi connectivity index (χ3v) is 3.26. The van der Waals surface area contributed by atoms with Gasteiger partial charge in [0.2, 0.25) is 5.28 Å². The van der Waals surface area contributed by atoms with Crippen molar-refractivity contribution in [2.75, 3.05) is 0 Å². The summed E-state index contributed by atoms with van der Waals surface area (Å²) >= 11 is 5.53. The van der Waals surface area contributed by atoms with Crippen molar-refractivity contribution in [3.05, 3.63) is 23.2 Å². The Hall–Kier alpha value is -0.850. The predicted molar refractivity (Wildman–Crippen MR) is 54.1 cm³/mol. The molecular weight excluding hydrogens is 266 g/mol. The summed E-state index contributed by atoms with van der Waals surface area (Å²) in [6, 6.07) is 1.88. The highest BCUT2D eigenvalue weighted by Gasteiger charge is 2.18. The van der Waals surface area contributed by atoms with E-state index in [4.69, 9.17) is 22.3 Å². The molecule has 2 rings (SSSR count). The lowest BCUT2D eigenvalue weighted by Crippen LogP contribution is -1.93. The lowest BCUT2D eigenvalue weighted by molar-refractivity contribution is 0.604. The molecule has 80 valence electrons. The van der Waals surface area contributed by atoms with Gasteiger partial charge in [-0.1, -0.05) is 0 Å². The molecule has 1 aromatic carbocycles. The number of nitrogens with zero attached hydrogens (tertiary/aromatic N) is 1. The second-order valence-electron chi connectivity index (χ2n) is 2.77. The minimum atomic E-state index is -4.05. The van der Waals surface area contributed by atoms with Crippen LogP contribution < -0.4 is 0 Å². The molecule has 1 N–H and O–H groups in total. The fourth-order valence-corrected chi connectivity index (χ4v) is 2.39. The van der Waals surface area contributed by atoms with Crippen molar-refractivity contribution in [3.63, 3.8) is 0 Å². The quantitative estimate of drug-likeness (QED) is 0.808. The number of imidazole rings is 1. The average molecular weight is 269 g/mol. The molecule has 0 atom stereocenters. The van der Waals surface area contributed by atoms with Crippen LogP contribution in [0.2, 0.25) is 5.28 Å². The van der Waals surface area contributed by atoms with Crippen molar-refractivity contribution >= 4 is 42.4 Å². The number of nitrogens with one attached hydrogen (secondary N) is 1. The third-order valence-electron chi connectivity index (χ3n) is 1.75. The second kappa shape index (κ2) is 3.33. The molecule has 8 heteroatoms. The molecule has 4 nitrogen and oxygen atoms in total. The third kappa shape index (κ3) is 1.92. The summed E-state index contributed by atoms with van der Waals surface area (Å²) in [5.74, 6) is -0.734. The molecule has 0 aliphatic rings. The Morgan fingerprint density at radius 3 is 2.67 bits per heavy atom. The molecule has 0 radical (unpaired) electrons. The maximum absolute atomic E-state index is 13.0. The number of H-pyrrole nitrogens is 1. The van der Waals surface area contributed by atoms with Crippen molar-refractivity contribution in [3.8, 4) is 0 Å². The maximum Gasteiger partial charge on any atom is 0.263 e. The molecular formula is C7H3Cl2FN2O2S. The summed E-state index contributed by atoms with van der Waals surface area (Å²) in [7, 11) is 1.08. The molecule has 0 fully saturated rings. The summed E-state index contributed by atoms with van der Waals surface area (Å²) < 4.78 is 35.2. The minimum absolute atomic E-state index is 0.0244. The molecule has 0 unspecified atom stereocenters. The normalized spacial score (nSPS) is 12.2. The van der Waals surface area contributed by atoms with Crippen LogP contribution in [0.4, 0.5) is 4.39 Å². The van der Waals surface area contributed by atoms with Crippen LogP contribution in [0.15, 0.2) is 17.0 Å². The number of fused-ring (bicyclic) bond motifs is 1. The van der Waals surface area contributed by atoms with E-state index in [1.54, 1.807) is 0 Å². The summed E-state index contributed by atoms with van der Waals surface area (Å²) in [4.78, 5) is 5.80. The standard InChI is InChI=1S/C7H3Cl2FN2O2S/c8-7-11-4-1-3(10)2-5(6(4)12-7)15(9,13)14/h1-2H,(H,11,12). The minimum Gasteiger partial charge on any atom is -0.328 e. The summed E-state index contributed by atoms with van der Waals surface area (Å²) in [5, 5.41) is -0.0304. The molecule has 0 aliphatic carbocycles. The molecule has 0 saturated carbocycles. The molecule has 0 bridgehead atoms. The van der Waals surface area contributed by atoms with Gasteiger partial charge in [-0.15, -0.1) is 0 Å². The Labute approximate surface area is 93.4 Å². The SMILES string of the molecule is O=S(=O)(Cl)c1cc(F)cc2[nH]c(Cl)nc12.